The number of amides is 1. The first kappa shape index (κ1) is 19.8. The van der Waals surface area contributed by atoms with Crippen LogP contribution in [0, 0.1) is 0 Å². The van der Waals surface area contributed by atoms with Gasteiger partial charge in [0, 0.05) is 25.2 Å². The molecule has 1 amide bonds. The second-order valence-electron chi connectivity index (χ2n) is 7.48. The number of carbonyl (C=O) groups is 1. The summed E-state index contributed by atoms with van der Waals surface area (Å²) < 4.78 is 7.26. The fourth-order valence-corrected chi connectivity index (χ4v) is 3.76. The van der Waals surface area contributed by atoms with Crippen LogP contribution in [0.25, 0.3) is 0 Å². The lowest BCUT2D eigenvalue weighted by Crippen LogP contribution is -2.33. The predicted molar refractivity (Wildman–Crippen MR) is 102 cm³/mol. The molecular formula is C18H27ClN6O2. The molecule has 8 nitrogen and oxygen atoms in total. The summed E-state index contributed by atoms with van der Waals surface area (Å²) in [6.45, 7) is 6.70. The summed E-state index contributed by atoms with van der Waals surface area (Å²) in [5, 5.41) is 12.1. The monoisotopic (exact) mass is 394 g/mol. The van der Waals surface area contributed by atoms with E-state index in [1.807, 2.05) is 35.7 Å². The van der Waals surface area contributed by atoms with E-state index in [0.29, 0.717) is 30.0 Å². The summed E-state index contributed by atoms with van der Waals surface area (Å²) in [4.78, 5) is 19.3. The van der Waals surface area contributed by atoms with Crippen molar-refractivity contribution in [3.05, 3.63) is 29.7 Å². The van der Waals surface area contributed by atoms with Crippen LogP contribution < -0.4 is 5.32 Å². The molecule has 2 aromatic rings. The van der Waals surface area contributed by atoms with E-state index >= 15 is 0 Å². The first-order valence-corrected chi connectivity index (χ1v) is 9.54. The summed E-state index contributed by atoms with van der Waals surface area (Å²) in [6.07, 6.45) is 5.94. The Kier molecular flexibility index (Phi) is 6.16. The van der Waals surface area contributed by atoms with Crippen molar-refractivity contribution >= 4 is 18.3 Å². The van der Waals surface area contributed by atoms with Crippen LogP contribution in [0.5, 0.6) is 0 Å². The molecule has 0 aromatic carbocycles. The topological polar surface area (TPSA) is 89.1 Å². The quantitative estimate of drug-likeness (QED) is 0.857. The van der Waals surface area contributed by atoms with Crippen LogP contribution in [0.3, 0.4) is 0 Å². The van der Waals surface area contributed by atoms with Crippen molar-refractivity contribution in [3.63, 3.8) is 0 Å². The van der Waals surface area contributed by atoms with Gasteiger partial charge in [0.25, 0.3) is 5.91 Å². The highest BCUT2D eigenvalue weighted by molar-refractivity contribution is 5.92. The molecule has 0 aliphatic carbocycles. The van der Waals surface area contributed by atoms with Gasteiger partial charge in [0.05, 0.1) is 12.1 Å². The third-order valence-electron chi connectivity index (χ3n) is 5.24. The lowest BCUT2D eigenvalue weighted by atomic mass is 10.1. The molecule has 2 aliphatic heterocycles. The Hall–Kier alpha value is -1.93. The van der Waals surface area contributed by atoms with E-state index in [1.165, 1.54) is 0 Å². The van der Waals surface area contributed by atoms with Crippen LogP contribution in [0.4, 0.5) is 0 Å². The highest BCUT2D eigenvalue weighted by Crippen LogP contribution is 2.32. The highest BCUT2D eigenvalue weighted by Gasteiger charge is 2.35. The minimum absolute atomic E-state index is 0. The van der Waals surface area contributed by atoms with Gasteiger partial charge < -0.3 is 14.7 Å². The van der Waals surface area contributed by atoms with Gasteiger partial charge in [0.2, 0.25) is 5.89 Å². The van der Waals surface area contributed by atoms with Gasteiger partial charge in [-0.3, -0.25) is 9.48 Å². The Bertz CT molecular complexity index is 767. The van der Waals surface area contributed by atoms with Crippen molar-refractivity contribution in [1.82, 2.24) is 30.1 Å². The first-order chi connectivity index (χ1) is 12.6. The Morgan fingerprint density at radius 1 is 1.33 bits per heavy atom. The van der Waals surface area contributed by atoms with Crippen molar-refractivity contribution in [2.24, 2.45) is 0 Å². The van der Waals surface area contributed by atoms with Gasteiger partial charge in [-0.2, -0.15) is 10.1 Å². The maximum Gasteiger partial charge on any atom is 0.274 e. The summed E-state index contributed by atoms with van der Waals surface area (Å²) in [7, 11) is 0. The number of nitrogens with zero attached hydrogens (tertiary/aromatic N) is 5. The molecule has 27 heavy (non-hydrogen) atoms. The van der Waals surface area contributed by atoms with Crippen molar-refractivity contribution < 1.29 is 9.32 Å². The zero-order valence-corrected chi connectivity index (χ0v) is 16.6. The molecule has 2 unspecified atom stereocenters. The molecule has 2 atom stereocenters. The van der Waals surface area contributed by atoms with Crippen LogP contribution in [-0.4, -0.2) is 50.4 Å². The van der Waals surface area contributed by atoms with Crippen LogP contribution in [0.15, 0.2) is 16.8 Å². The van der Waals surface area contributed by atoms with E-state index in [-0.39, 0.29) is 30.3 Å². The molecule has 1 N–H and O–H groups in total. The smallest absolute Gasteiger partial charge is 0.274 e. The molecule has 2 saturated heterocycles. The molecule has 0 saturated carbocycles. The third-order valence-corrected chi connectivity index (χ3v) is 5.24. The van der Waals surface area contributed by atoms with Gasteiger partial charge in [-0.25, -0.2) is 0 Å². The van der Waals surface area contributed by atoms with Crippen molar-refractivity contribution in [2.45, 2.75) is 57.5 Å². The number of carbonyl (C=O) groups excluding carboxylic acids is 1. The summed E-state index contributed by atoms with van der Waals surface area (Å²) in [5.74, 6) is 1.36. The number of hydrogen-bond donors (Lipinski definition) is 1. The second-order valence-corrected chi connectivity index (χ2v) is 7.48. The predicted octanol–water partition coefficient (Wildman–Crippen LogP) is 2.71. The van der Waals surface area contributed by atoms with Crippen LogP contribution >= 0.6 is 12.4 Å². The molecule has 0 spiro atoms. The Labute approximate surface area is 165 Å². The largest absolute Gasteiger partial charge is 0.339 e. The van der Waals surface area contributed by atoms with E-state index in [9.17, 15) is 4.79 Å². The van der Waals surface area contributed by atoms with E-state index in [2.05, 4.69) is 20.6 Å². The van der Waals surface area contributed by atoms with Gasteiger partial charge in [-0.1, -0.05) is 19.0 Å². The maximum absolute atomic E-state index is 13.0. The highest BCUT2D eigenvalue weighted by atomic mass is 35.5. The Balaban J connectivity index is 0.00000210. The first-order valence-electron chi connectivity index (χ1n) is 9.54. The fourth-order valence-electron chi connectivity index (χ4n) is 3.76. The minimum Gasteiger partial charge on any atom is -0.339 e. The minimum atomic E-state index is -0.125. The molecule has 4 rings (SSSR count). The number of hydrogen-bond acceptors (Lipinski definition) is 6. The zero-order chi connectivity index (χ0) is 18.1. The van der Waals surface area contributed by atoms with Crippen LogP contribution in [0.1, 0.15) is 79.7 Å². The summed E-state index contributed by atoms with van der Waals surface area (Å²) >= 11 is 0. The van der Waals surface area contributed by atoms with Gasteiger partial charge >= 0.3 is 0 Å². The molecule has 0 bridgehead atoms. The molecule has 2 aliphatic rings. The second kappa shape index (κ2) is 8.39. The van der Waals surface area contributed by atoms with Gasteiger partial charge in [-0.15, -0.1) is 12.4 Å². The van der Waals surface area contributed by atoms with E-state index in [0.717, 1.165) is 38.8 Å². The fraction of sp³-hybridized carbons (Fsp3) is 0.667. The lowest BCUT2D eigenvalue weighted by molar-refractivity contribution is 0.0721. The van der Waals surface area contributed by atoms with Gasteiger partial charge in [0.1, 0.15) is 5.69 Å². The van der Waals surface area contributed by atoms with Crippen molar-refractivity contribution in [1.29, 1.82) is 0 Å². The molecule has 9 heteroatoms. The number of likely N-dealkylation sites (tertiary alicyclic amines) is 1. The average Bonchev–Trinajstić information content (AvgIpc) is 3.41. The number of aromatic nitrogens is 4. The number of piperidine rings is 1. The van der Waals surface area contributed by atoms with E-state index in [1.54, 1.807) is 0 Å². The lowest BCUT2D eigenvalue weighted by Gasteiger charge is -2.23. The van der Waals surface area contributed by atoms with Crippen molar-refractivity contribution in [2.75, 3.05) is 19.6 Å². The van der Waals surface area contributed by atoms with E-state index in [4.69, 9.17) is 4.52 Å². The van der Waals surface area contributed by atoms with Crippen LogP contribution in [-0.2, 0) is 0 Å². The SMILES string of the molecule is CC(C)c1nc(C2CCCN2C(=O)c2ccn(C3CCCNC3)n2)no1.Cl. The van der Waals surface area contributed by atoms with Gasteiger partial charge in [-0.05, 0) is 38.3 Å². The molecule has 148 valence electrons. The van der Waals surface area contributed by atoms with E-state index < -0.39 is 0 Å². The number of halogens is 1. The Morgan fingerprint density at radius 2 is 2.19 bits per heavy atom. The molecular weight excluding hydrogens is 368 g/mol. The molecule has 2 fully saturated rings. The normalized spacial score (nSPS) is 22.9. The summed E-state index contributed by atoms with van der Waals surface area (Å²) in [6, 6.07) is 2.02. The summed E-state index contributed by atoms with van der Waals surface area (Å²) in [5.41, 5.74) is 0.495. The van der Waals surface area contributed by atoms with Crippen molar-refractivity contribution in [3.8, 4) is 0 Å². The maximum atomic E-state index is 13.0. The Morgan fingerprint density at radius 3 is 2.89 bits per heavy atom. The molecule has 2 aromatic heterocycles. The average molecular weight is 395 g/mol. The third kappa shape index (κ3) is 4.01. The zero-order valence-electron chi connectivity index (χ0n) is 15.8. The standard InChI is InChI=1S/C18H26N6O2.ClH/c1-12(2)17-20-16(22-26-17)15-6-4-9-23(15)18(25)14-7-10-24(21-14)13-5-3-8-19-11-13;/h7,10,12-13,15,19H,3-6,8-9,11H2,1-2H3;1H. The number of rotatable bonds is 4. The molecule has 4 heterocycles. The molecule has 0 radical (unpaired) electrons. The van der Waals surface area contributed by atoms with Gasteiger partial charge in [0.15, 0.2) is 5.82 Å². The number of nitrogens with one attached hydrogen (secondary N) is 1. The van der Waals surface area contributed by atoms with Crippen LogP contribution in [0.2, 0.25) is 0 Å².